The first-order chi connectivity index (χ1) is 20.4. The number of halogens is 2. The molecule has 3 saturated heterocycles. The smallest absolute Gasteiger partial charge is 0.241 e. The molecular weight excluding hydrogens is 574 g/mol. The fourth-order valence-corrected chi connectivity index (χ4v) is 9.11. The van der Waals surface area contributed by atoms with Gasteiger partial charge in [0.1, 0.15) is 11.6 Å². The number of ether oxygens (including phenoxy) is 1. The predicted octanol–water partition coefficient (Wildman–Crippen LogP) is 4.31. The van der Waals surface area contributed by atoms with Crippen molar-refractivity contribution in [3.63, 3.8) is 0 Å². The van der Waals surface area contributed by atoms with Crippen LogP contribution in [0.4, 0.5) is 14.5 Å². The lowest BCUT2D eigenvalue weighted by Gasteiger charge is -2.39. The Morgan fingerprint density at radius 2 is 1.79 bits per heavy atom. The fourth-order valence-electron chi connectivity index (χ4n) is 7.23. The molecule has 0 aromatic heterocycles. The lowest BCUT2D eigenvalue weighted by Crippen LogP contribution is -2.57. The zero-order valence-corrected chi connectivity index (χ0v) is 26.0. The summed E-state index contributed by atoms with van der Waals surface area (Å²) in [5, 5.41) is 5.89. The number of sulfonamides is 1. The molecule has 3 aliphatic heterocycles. The number of nitrogens with one attached hydrogen (secondary N) is 2. The van der Waals surface area contributed by atoms with Crippen molar-refractivity contribution in [3.8, 4) is 0 Å². The van der Waals surface area contributed by atoms with Gasteiger partial charge in [-0.1, -0.05) is 18.2 Å². The first-order valence-corrected chi connectivity index (χ1v) is 16.9. The van der Waals surface area contributed by atoms with Crippen LogP contribution in [0.1, 0.15) is 69.9 Å². The number of anilines is 1. The lowest BCUT2D eigenvalue weighted by molar-refractivity contribution is -0.119. The number of nitrogens with two attached hydrogens (primary N) is 1. The summed E-state index contributed by atoms with van der Waals surface area (Å²) >= 11 is 0. The van der Waals surface area contributed by atoms with Crippen molar-refractivity contribution in [2.45, 2.75) is 101 Å². The molecule has 11 heteroatoms. The Balaban J connectivity index is 1.34. The molecular formula is C32H44F2N4O4S. The van der Waals surface area contributed by atoms with Gasteiger partial charge in [-0.05, 0) is 95.0 Å². The Bertz CT molecular complexity index is 1380. The average Bonchev–Trinajstić information content (AvgIpc) is 3.04. The molecule has 0 aliphatic carbocycles. The Labute approximate surface area is 253 Å². The number of rotatable bonds is 8. The van der Waals surface area contributed by atoms with Crippen LogP contribution in [-0.2, 0) is 26.0 Å². The molecule has 3 fully saturated rings. The van der Waals surface area contributed by atoms with E-state index in [9.17, 15) is 17.6 Å². The molecule has 8 unspecified atom stereocenters. The Kier molecular flexibility index (Phi) is 9.87. The minimum Gasteiger partial charge on any atom is -0.376 e. The number of hydrogen-bond acceptors (Lipinski definition) is 6. The van der Waals surface area contributed by atoms with Gasteiger partial charge < -0.3 is 21.1 Å². The lowest BCUT2D eigenvalue weighted by atomic mass is 9.74. The average molecular weight is 619 g/mol. The van der Waals surface area contributed by atoms with Crippen LogP contribution in [-0.4, -0.2) is 67.3 Å². The third-order valence-corrected chi connectivity index (χ3v) is 11.9. The molecule has 0 radical (unpaired) electrons. The van der Waals surface area contributed by atoms with E-state index in [1.807, 2.05) is 13.8 Å². The molecule has 0 saturated carbocycles. The summed E-state index contributed by atoms with van der Waals surface area (Å²) in [6, 6.07) is 9.45. The number of piperazine rings is 1. The second kappa shape index (κ2) is 13.3. The van der Waals surface area contributed by atoms with E-state index in [2.05, 4.69) is 10.6 Å². The summed E-state index contributed by atoms with van der Waals surface area (Å²) in [4.78, 5) is 13.7. The van der Waals surface area contributed by atoms with Crippen LogP contribution in [0.2, 0.25) is 0 Å². The SMILES string of the molecule is CC1CC(C(c2ccc(F)cc2)C(N)C(=O)Nc2cccc(F)c2CCC2CNC3CCC(C)S(=O)(=O)N2C3)CC(C)O1. The molecule has 0 spiro atoms. The summed E-state index contributed by atoms with van der Waals surface area (Å²) in [7, 11) is -3.45. The van der Waals surface area contributed by atoms with E-state index in [-0.39, 0.29) is 42.4 Å². The van der Waals surface area contributed by atoms with Crippen molar-refractivity contribution < 1.29 is 26.7 Å². The van der Waals surface area contributed by atoms with Gasteiger partial charge in [0.25, 0.3) is 0 Å². The quantitative estimate of drug-likeness (QED) is 0.407. The summed E-state index contributed by atoms with van der Waals surface area (Å²) < 4.78 is 63.0. The summed E-state index contributed by atoms with van der Waals surface area (Å²) in [6.07, 6.45) is 3.43. The van der Waals surface area contributed by atoms with Crippen LogP contribution in [0, 0.1) is 17.6 Å². The Hall–Kier alpha value is -2.44. The Morgan fingerprint density at radius 1 is 1.09 bits per heavy atom. The predicted molar refractivity (Wildman–Crippen MR) is 163 cm³/mol. The van der Waals surface area contributed by atoms with Gasteiger partial charge in [-0.15, -0.1) is 0 Å². The highest BCUT2D eigenvalue weighted by Gasteiger charge is 2.42. The first kappa shape index (κ1) is 32.0. The van der Waals surface area contributed by atoms with E-state index >= 15 is 4.39 Å². The first-order valence-electron chi connectivity index (χ1n) is 15.4. The van der Waals surface area contributed by atoms with Crippen molar-refractivity contribution in [3.05, 3.63) is 65.2 Å². The Morgan fingerprint density at radius 3 is 2.49 bits per heavy atom. The third kappa shape index (κ3) is 7.12. The van der Waals surface area contributed by atoms with Crippen LogP contribution in [0.15, 0.2) is 42.5 Å². The second-order valence-electron chi connectivity index (χ2n) is 12.6. The van der Waals surface area contributed by atoms with Gasteiger partial charge in [-0.3, -0.25) is 4.79 Å². The number of benzene rings is 2. The minimum atomic E-state index is -3.45. The molecule has 2 bridgehead atoms. The van der Waals surface area contributed by atoms with E-state index in [4.69, 9.17) is 10.5 Å². The molecule has 4 N–H and O–H groups in total. The molecule has 3 aliphatic rings. The van der Waals surface area contributed by atoms with Crippen LogP contribution in [0.3, 0.4) is 0 Å². The maximum absolute atomic E-state index is 15.2. The van der Waals surface area contributed by atoms with Crippen LogP contribution in [0.5, 0.6) is 0 Å². The molecule has 8 atom stereocenters. The van der Waals surface area contributed by atoms with Crippen molar-refractivity contribution in [2.24, 2.45) is 11.7 Å². The van der Waals surface area contributed by atoms with Crippen molar-refractivity contribution in [1.29, 1.82) is 0 Å². The molecule has 236 valence electrons. The molecule has 43 heavy (non-hydrogen) atoms. The van der Waals surface area contributed by atoms with Crippen molar-refractivity contribution in [2.75, 3.05) is 18.4 Å². The number of carbonyl (C=O) groups is 1. The van der Waals surface area contributed by atoms with Crippen molar-refractivity contribution in [1.82, 2.24) is 9.62 Å². The van der Waals surface area contributed by atoms with E-state index < -0.39 is 39.0 Å². The van der Waals surface area contributed by atoms with E-state index in [0.29, 0.717) is 50.0 Å². The van der Waals surface area contributed by atoms with Gasteiger partial charge in [0, 0.05) is 42.3 Å². The van der Waals surface area contributed by atoms with Gasteiger partial charge >= 0.3 is 0 Å². The van der Waals surface area contributed by atoms with E-state index in [1.54, 1.807) is 29.4 Å². The van der Waals surface area contributed by atoms with E-state index in [1.165, 1.54) is 24.3 Å². The molecule has 3 heterocycles. The number of carbonyl (C=O) groups excluding carboxylic acids is 1. The van der Waals surface area contributed by atoms with Crippen LogP contribution < -0.4 is 16.4 Å². The largest absolute Gasteiger partial charge is 0.376 e. The van der Waals surface area contributed by atoms with E-state index in [0.717, 1.165) is 12.0 Å². The summed E-state index contributed by atoms with van der Waals surface area (Å²) in [6.45, 7) is 6.66. The van der Waals surface area contributed by atoms with Gasteiger partial charge in [-0.2, -0.15) is 4.31 Å². The third-order valence-electron chi connectivity index (χ3n) is 9.50. The van der Waals surface area contributed by atoms with Crippen LogP contribution >= 0.6 is 0 Å². The highest BCUT2D eigenvalue weighted by molar-refractivity contribution is 7.89. The second-order valence-corrected chi connectivity index (χ2v) is 15.0. The normalized spacial score (nSPS) is 31.9. The molecule has 8 nitrogen and oxygen atoms in total. The van der Waals surface area contributed by atoms with Gasteiger partial charge in [0.05, 0.1) is 23.5 Å². The molecule has 2 aromatic rings. The summed E-state index contributed by atoms with van der Waals surface area (Å²) in [5.74, 6) is -1.67. The molecule has 1 amide bonds. The standard InChI is InChI=1S/C32H44F2N4O4S/c1-19-15-23(16-20(2)42-19)30(22-8-10-24(33)11-9-22)31(35)32(39)37-29-6-4-5-28(34)27(29)14-13-26-17-36-25-12-7-21(3)43(40,41)38(26)18-25/h4-6,8-11,19-21,23,25-26,30-31,36H,7,12-18,35H2,1-3H3,(H,37,39). The monoisotopic (exact) mass is 618 g/mol. The summed E-state index contributed by atoms with van der Waals surface area (Å²) in [5.41, 5.74) is 8.08. The highest BCUT2D eigenvalue weighted by Crippen LogP contribution is 2.39. The van der Waals surface area contributed by atoms with Crippen molar-refractivity contribution >= 4 is 21.6 Å². The van der Waals surface area contributed by atoms with Gasteiger partial charge in [0.15, 0.2) is 0 Å². The highest BCUT2D eigenvalue weighted by atomic mass is 32.2. The maximum atomic E-state index is 15.2. The minimum absolute atomic E-state index is 0.0117. The fraction of sp³-hybridized carbons (Fsp3) is 0.594. The maximum Gasteiger partial charge on any atom is 0.241 e. The zero-order chi connectivity index (χ0) is 30.9. The number of hydrogen-bond donors (Lipinski definition) is 3. The van der Waals surface area contributed by atoms with Gasteiger partial charge in [0.2, 0.25) is 15.9 Å². The molecule has 5 rings (SSSR count). The zero-order valence-electron chi connectivity index (χ0n) is 25.1. The van der Waals surface area contributed by atoms with Gasteiger partial charge in [-0.25, -0.2) is 17.2 Å². The number of nitrogens with zero attached hydrogens (tertiary/aromatic N) is 1. The molecule has 2 aromatic carbocycles. The van der Waals surface area contributed by atoms with Crippen LogP contribution in [0.25, 0.3) is 0 Å². The topological polar surface area (TPSA) is 114 Å². The number of fused-ring (bicyclic) bond motifs is 2. The number of amides is 1.